The first kappa shape index (κ1) is 20.6. The van der Waals surface area contributed by atoms with Crippen LogP contribution in [0, 0.1) is 5.92 Å². The lowest BCUT2D eigenvalue weighted by molar-refractivity contribution is -0.136. The van der Waals surface area contributed by atoms with Gasteiger partial charge in [-0.15, -0.1) is 0 Å². The molecule has 2 aromatic carbocycles. The van der Waals surface area contributed by atoms with Gasteiger partial charge in [-0.2, -0.15) is 0 Å². The molecule has 4 rings (SSSR count). The summed E-state index contributed by atoms with van der Waals surface area (Å²) in [6.45, 7) is 5.66. The third kappa shape index (κ3) is 4.59. The van der Waals surface area contributed by atoms with Crippen molar-refractivity contribution in [1.29, 1.82) is 0 Å². The first-order chi connectivity index (χ1) is 14.2. The van der Waals surface area contributed by atoms with Gasteiger partial charge in [0.2, 0.25) is 5.91 Å². The largest absolute Gasteiger partial charge is 0.342 e. The Morgan fingerprint density at radius 3 is 2.59 bits per heavy atom. The normalized spacial score (nSPS) is 22.8. The minimum Gasteiger partial charge on any atom is -0.342 e. The van der Waals surface area contributed by atoms with Gasteiger partial charge >= 0.3 is 0 Å². The molecule has 0 aromatic heterocycles. The maximum atomic E-state index is 13.5. The maximum absolute atomic E-state index is 13.5. The molecule has 2 fully saturated rings. The Morgan fingerprint density at radius 1 is 1.10 bits per heavy atom. The number of nitrogens with one attached hydrogen (secondary N) is 1. The third-order valence-electron chi connectivity index (χ3n) is 6.64. The number of benzene rings is 2. The molecule has 2 aliphatic heterocycles. The van der Waals surface area contributed by atoms with Crippen molar-refractivity contribution >= 4 is 21.8 Å². The number of carbonyl (C=O) groups excluding carboxylic acids is 1. The van der Waals surface area contributed by atoms with Crippen molar-refractivity contribution in [2.75, 3.05) is 26.2 Å². The number of hydrogen-bond donors (Lipinski definition) is 1. The van der Waals surface area contributed by atoms with Crippen molar-refractivity contribution in [2.45, 2.75) is 44.4 Å². The van der Waals surface area contributed by atoms with Crippen molar-refractivity contribution in [3.63, 3.8) is 0 Å². The van der Waals surface area contributed by atoms with E-state index >= 15 is 0 Å². The molecule has 2 atom stereocenters. The standard InChI is InChI=1S/C25H31BrN2O/c1-2-6-20-9-10-21(26)15-22(20)23-16-27-17-24(23)25(29)28-13-11-19(12-14-28)18-7-4-3-5-8-18/h3-5,7-10,15,19,23-24,27H,2,6,11-14,16-17H2,1H3/t23-,24+/m0/s1. The second kappa shape index (κ2) is 9.44. The summed E-state index contributed by atoms with van der Waals surface area (Å²) in [4.78, 5) is 15.6. The summed E-state index contributed by atoms with van der Waals surface area (Å²) in [6, 6.07) is 17.4. The molecular weight excluding hydrogens is 424 g/mol. The number of halogens is 1. The zero-order chi connectivity index (χ0) is 20.2. The molecular formula is C25H31BrN2O. The molecule has 4 heteroatoms. The van der Waals surface area contributed by atoms with E-state index in [2.05, 4.69) is 81.6 Å². The molecule has 2 aromatic rings. The Morgan fingerprint density at radius 2 is 1.86 bits per heavy atom. The Kier molecular flexibility index (Phi) is 6.71. The summed E-state index contributed by atoms with van der Waals surface area (Å²) in [6.07, 6.45) is 4.33. The van der Waals surface area contributed by atoms with Gasteiger partial charge in [0.1, 0.15) is 0 Å². The number of hydrogen-bond acceptors (Lipinski definition) is 2. The number of nitrogens with zero attached hydrogens (tertiary/aromatic N) is 1. The second-order valence-electron chi connectivity index (χ2n) is 8.47. The monoisotopic (exact) mass is 454 g/mol. The van der Waals surface area contributed by atoms with Crippen molar-refractivity contribution in [3.05, 3.63) is 69.7 Å². The van der Waals surface area contributed by atoms with Gasteiger partial charge in [-0.05, 0) is 54.0 Å². The predicted molar refractivity (Wildman–Crippen MR) is 122 cm³/mol. The van der Waals surface area contributed by atoms with Crippen molar-refractivity contribution in [1.82, 2.24) is 10.2 Å². The van der Waals surface area contributed by atoms with E-state index in [1.807, 2.05) is 0 Å². The number of aryl methyl sites for hydroxylation is 1. The Balaban J connectivity index is 1.46. The predicted octanol–water partition coefficient (Wildman–Crippen LogP) is 5.11. The van der Waals surface area contributed by atoms with Gasteiger partial charge in [0, 0.05) is 36.6 Å². The van der Waals surface area contributed by atoms with Crippen LogP contribution in [0.1, 0.15) is 54.7 Å². The number of piperidine rings is 1. The fourth-order valence-electron chi connectivity index (χ4n) is 5.07. The minimum absolute atomic E-state index is 0.0492. The fourth-order valence-corrected chi connectivity index (χ4v) is 5.44. The summed E-state index contributed by atoms with van der Waals surface area (Å²) in [5, 5.41) is 3.50. The Labute approximate surface area is 183 Å². The summed E-state index contributed by atoms with van der Waals surface area (Å²) < 4.78 is 1.11. The zero-order valence-corrected chi connectivity index (χ0v) is 18.8. The van der Waals surface area contributed by atoms with E-state index in [4.69, 9.17) is 0 Å². The van der Waals surface area contributed by atoms with Crippen LogP contribution in [0.25, 0.3) is 0 Å². The first-order valence-electron chi connectivity index (χ1n) is 11.0. The highest BCUT2D eigenvalue weighted by Crippen LogP contribution is 2.35. The van der Waals surface area contributed by atoms with Gasteiger partial charge in [-0.1, -0.05) is 65.7 Å². The number of rotatable bonds is 5. The molecule has 29 heavy (non-hydrogen) atoms. The third-order valence-corrected chi connectivity index (χ3v) is 7.13. The average molecular weight is 455 g/mol. The van der Waals surface area contributed by atoms with Crippen LogP contribution in [0.2, 0.25) is 0 Å². The van der Waals surface area contributed by atoms with Gasteiger partial charge in [0.15, 0.2) is 0 Å². The van der Waals surface area contributed by atoms with E-state index in [0.717, 1.165) is 56.3 Å². The molecule has 0 bridgehead atoms. The molecule has 1 amide bonds. The molecule has 0 saturated carbocycles. The lowest BCUT2D eigenvalue weighted by atomic mass is 9.83. The molecule has 2 saturated heterocycles. The van der Waals surface area contributed by atoms with Crippen LogP contribution >= 0.6 is 15.9 Å². The van der Waals surface area contributed by atoms with Crippen molar-refractivity contribution in [2.24, 2.45) is 5.92 Å². The lowest BCUT2D eigenvalue weighted by Gasteiger charge is -2.35. The van der Waals surface area contributed by atoms with Crippen LogP contribution in [-0.4, -0.2) is 37.0 Å². The highest BCUT2D eigenvalue weighted by atomic mass is 79.9. The van der Waals surface area contributed by atoms with Gasteiger partial charge in [0.25, 0.3) is 0 Å². The Hall–Kier alpha value is -1.65. The van der Waals surface area contributed by atoms with Gasteiger partial charge < -0.3 is 10.2 Å². The van der Waals surface area contributed by atoms with E-state index in [0.29, 0.717) is 11.8 Å². The molecule has 154 valence electrons. The fraction of sp³-hybridized carbons (Fsp3) is 0.480. The molecule has 0 unspecified atom stereocenters. The summed E-state index contributed by atoms with van der Waals surface area (Å²) in [7, 11) is 0. The van der Waals surface area contributed by atoms with Crippen LogP contribution in [0.15, 0.2) is 53.0 Å². The average Bonchev–Trinajstić information content (AvgIpc) is 3.25. The summed E-state index contributed by atoms with van der Waals surface area (Å²) in [5.41, 5.74) is 4.16. The molecule has 0 aliphatic carbocycles. The molecule has 2 heterocycles. The van der Waals surface area contributed by atoms with Crippen LogP contribution in [0.3, 0.4) is 0 Å². The van der Waals surface area contributed by atoms with Crippen molar-refractivity contribution in [3.8, 4) is 0 Å². The second-order valence-corrected chi connectivity index (χ2v) is 9.39. The highest BCUT2D eigenvalue weighted by molar-refractivity contribution is 9.10. The highest BCUT2D eigenvalue weighted by Gasteiger charge is 2.38. The smallest absolute Gasteiger partial charge is 0.227 e. The van der Waals surface area contributed by atoms with Gasteiger partial charge in [0.05, 0.1) is 5.92 Å². The number of carbonyl (C=O) groups is 1. The Bertz CT molecular complexity index is 830. The topological polar surface area (TPSA) is 32.3 Å². The lowest BCUT2D eigenvalue weighted by Crippen LogP contribution is -2.43. The maximum Gasteiger partial charge on any atom is 0.227 e. The molecule has 2 aliphatic rings. The van der Waals surface area contributed by atoms with E-state index in [-0.39, 0.29) is 11.8 Å². The number of amides is 1. The van der Waals surface area contributed by atoms with Crippen LogP contribution in [0.5, 0.6) is 0 Å². The van der Waals surface area contributed by atoms with Crippen LogP contribution < -0.4 is 5.32 Å². The SMILES string of the molecule is CCCc1ccc(Br)cc1[C@@H]1CNC[C@H]1C(=O)N1CCC(c2ccccc2)CC1. The van der Waals surface area contributed by atoms with E-state index in [1.165, 1.54) is 16.7 Å². The van der Waals surface area contributed by atoms with Crippen LogP contribution in [-0.2, 0) is 11.2 Å². The number of likely N-dealkylation sites (tertiary alicyclic amines) is 1. The zero-order valence-electron chi connectivity index (χ0n) is 17.2. The van der Waals surface area contributed by atoms with Crippen LogP contribution in [0.4, 0.5) is 0 Å². The van der Waals surface area contributed by atoms with E-state index in [9.17, 15) is 4.79 Å². The molecule has 1 N–H and O–H groups in total. The van der Waals surface area contributed by atoms with Gasteiger partial charge in [-0.25, -0.2) is 0 Å². The molecule has 0 radical (unpaired) electrons. The minimum atomic E-state index is 0.0492. The van der Waals surface area contributed by atoms with E-state index < -0.39 is 0 Å². The van der Waals surface area contributed by atoms with E-state index in [1.54, 1.807) is 0 Å². The molecule has 3 nitrogen and oxygen atoms in total. The van der Waals surface area contributed by atoms with Gasteiger partial charge in [-0.3, -0.25) is 4.79 Å². The quantitative estimate of drug-likeness (QED) is 0.680. The van der Waals surface area contributed by atoms with Crippen molar-refractivity contribution < 1.29 is 4.79 Å². The molecule has 0 spiro atoms. The first-order valence-corrected chi connectivity index (χ1v) is 11.8. The summed E-state index contributed by atoms with van der Waals surface area (Å²) in [5.74, 6) is 1.24. The summed E-state index contributed by atoms with van der Waals surface area (Å²) >= 11 is 3.64.